The van der Waals surface area contributed by atoms with E-state index >= 15 is 0 Å². The predicted molar refractivity (Wildman–Crippen MR) is 264 cm³/mol. The Morgan fingerprint density at radius 2 is 0.738 bits per heavy atom. The Labute approximate surface area is 375 Å². The molecule has 0 amide bonds. The molecule has 0 saturated carbocycles. The molecule has 0 saturated heterocycles. The van der Waals surface area contributed by atoms with Crippen LogP contribution in [0.5, 0.6) is 0 Å². The third-order valence-electron chi connectivity index (χ3n) is 11.9. The summed E-state index contributed by atoms with van der Waals surface area (Å²) in [5, 5.41) is 2.94. The van der Waals surface area contributed by atoms with Crippen molar-refractivity contribution in [1.29, 1.82) is 0 Å². The Morgan fingerprint density at radius 3 is 1.34 bits per heavy atom. The molecule has 0 spiro atoms. The second-order valence-corrected chi connectivity index (χ2v) is 16.1. The monoisotopic (exact) mass is 831 g/mol. The molecule has 12 aromatic rings. The molecule has 304 valence electrons. The number of aromatic nitrogens is 5. The van der Waals surface area contributed by atoms with Crippen molar-refractivity contribution in [2.24, 2.45) is 0 Å². The number of hydrogen-bond acceptors (Lipinski definition) is 6. The van der Waals surface area contributed by atoms with Crippen molar-refractivity contribution in [2.45, 2.75) is 0 Å². The van der Waals surface area contributed by atoms with Crippen LogP contribution < -0.4 is 0 Å². The van der Waals surface area contributed by atoms with Gasteiger partial charge in [-0.2, -0.15) is 0 Å². The maximum absolute atomic E-state index is 6.57. The molecule has 3 aromatic heterocycles. The molecule has 6 heteroatoms. The number of hydrogen-bond donors (Lipinski definition) is 0. The first-order chi connectivity index (χ1) is 32.2. The summed E-state index contributed by atoms with van der Waals surface area (Å²) in [6, 6.07) is 77.0. The normalized spacial score (nSPS) is 11.4. The Hall–Kier alpha value is -8.87. The first-order valence-electron chi connectivity index (χ1n) is 21.6. The number of fused-ring (bicyclic) bond motifs is 4. The van der Waals surface area contributed by atoms with E-state index in [-0.39, 0.29) is 0 Å². The first-order valence-corrected chi connectivity index (χ1v) is 21.6. The van der Waals surface area contributed by atoms with Crippen LogP contribution >= 0.6 is 0 Å². The van der Waals surface area contributed by atoms with Gasteiger partial charge >= 0.3 is 0 Å². The summed E-state index contributed by atoms with van der Waals surface area (Å²) in [7, 11) is 0. The molecule has 0 unspecified atom stereocenters. The van der Waals surface area contributed by atoms with Gasteiger partial charge in [-0.05, 0) is 88.0 Å². The summed E-state index contributed by atoms with van der Waals surface area (Å²) in [5.41, 5.74) is 14.4. The number of nitrogens with zero attached hydrogens (tertiary/aromatic N) is 5. The van der Waals surface area contributed by atoms with Crippen molar-refractivity contribution < 1.29 is 4.42 Å². The Balaban J connectivity index is 1.03. The average molecular weight is 832 g/mol. The molecule has 12 rings (SSSR count). The molecule has 9 aromatic carbocycles. The SMILES string of the molecule is c1ccc(-c2cc(-c3ccccc3)cc(-c3nc(-c4ccccc4)nc(-c4ccc5oc6cccc(-c7ccc8nc(-c9ccccc9)nc(-c9ccccc9)c8c7)c6c5c4)n3)c2)cc1. The zero-order valence-electron chi connectivity index (χ0n) is 35.0. The van der Waals surface area contributed by atoms with Gasteiger partial charge in [-0.25, -0.2) is 24.9 Å². The van der Waals surface area contributed by atoms with E-state index < -0.39 is 0 Å². The quantitative estimate of drug-likeness (QED) is 0.152. The molecule has 3 heterocycles. The number of benzene rings is 9. The van der Waals surface area contributed by atoms with E-state index in [9.17, 15) is 0 Å². The lowest BCUT2D eigenvalue weighted by atomic mass is 9.95. The van der Waals surface area contributed by atoms with Crippen molar-refractivity contribution in [3.8, 4) is 90.2 Å². The highest BCUT2D eigenvalue weighted by Crippen LogP contribution is 2.41. The zero-order valence-corrected chi connectivity index (χ0v) is 35.0. The molecule has 0 N–H and O–H groups in total. The highest BCUT2D eigenvalue weighted by molar-refractivity contribution is 6.14. The molecular formula is C59H37N5O. The van der Waals surface area contributed by atoms with E-state index in [2.05, 4.69) is 127 Å². The Bertz CT molecular complexity index is 3630. The number of rotatable bonds is 8. The smallest absolute Gasteiger partial charge is 0.164 e. The van der Waals surface area contributed by atoms with Crippen LogP contribution in [-0.2, 0) is 0 Å². The van der Waals surface area contributed by atoms with E-state index in [1.807, 2.05) is 97.1 Å². The van der Waals surface area contributed by atoms with Gasteiger partial charge in [0.15, 0.2) is 23.3 Å². The van der Waals surface area contributed by atoms with Gasteiger partial charge in [0, 0.05) is 44.0 Å². The fourth-order valence-corrected chi connectivity index (χ4v) is 8.74. The molecule has 0 aliphatic carbocycles. The maximum Gasteiger partial charge on any atom is 0.164 e. The van der Waals surface area contributed by atoms with Crippen molar-refractivity contribution >= 4 is 32.8 Å². The van der Waals surface area contributed by atoms with Crippen molar-refractivity contribution in [1.82, 2.24) is 24.9 Å². The van der Waals surface area contributed by atoms with Crippen LogP contribution in [0.1, 0.15) is 0 Å². The summed E-state index contributed by atoms with van der Waals surface area (Å²) in [5.74, 6) is 2.44. The molecule has 0 aliphatic rings. The minimum Gasteiger partial charge on any atom is -0.456 e. The van der Waals surface area contributed by atoms with Gasteiger partial charge in [-0.3, -0.25) is 0 Å². The standard InChI is InChI=1S/C59H37N5O/c1-6-17-38(18-7-1)45-33-46(39-19-8-2-9-20-39)35-47(34-45)59-63-57(42-25-14-5-15-26-42)62-58(64-59)44-30-32-52-50(37-44)54-48(27-16-28-53(54)65-52)43-29-31-51-49(36-43)55(40-21-10-3-11-22-40)61-56(60-51)41-23-12-4-13-24-41/h1-37H. The minimum atomic E-state index is 0.568. The molecule has 0 aliphatic heterocycles. The summed E-state index contributed by atoms with van der Waals surface area (Å²) < 4.78 is 6.57. The first kappa shape index (κ1) is 37.9. The molecular weight excluding hydrogens is 795 g/mol. The Morgan fingerprint density at radius 1 is 0.262 bits per heavy atom. The van der Waals surface area contributed by atoms with Gasteiger partial charge in [0.25, 0.3) is 0 Å². The van der Waals surface area contributed by atoms with Crippen LogP contribution in [0, 0.1) is 0 Å². The van der Waals surface area contributed by atoms with Crippen LogP contribution in [0.4, 0.5) is 0 Å². The van der Waals surface area contributed by atoms with Crippen molar-refractivity contribution in [2.75, 3.05) is 0 Å². The van der Waals surface area contributed by atoms with Crippen LogP contribution in [-0.4, -0.2) is 24.9 Å². The van der Waals surface area contributed by atoms with Gasteiger partial charge in [0.2, 0.25) is 0 Å². The average Bonchev–Trinajstić information content (AvgIpc) is 3.77. The lowest BCUT2D eigenvalue weighted by Crippen LogP contribution is -2.00. The van der Waals surface area contributed by atoms with Gasteiger partial charge < -0.3 is 4.42 Å². The van der Waals surface area contributed by atoms with E-state index in [1.54, 1.807) is 0 Å². The topological polar surface area (TPSA) is 77.6 Å². The summed E-state index contributed by atoms with van der Waals surface area (Å²) in [6.45, 7) is 0. The number of furan rings is 1. The summed E-state index contributed by atoms with van der Waals surface area (Å²) >= 11 is 0. The molecule has 0 atom stereocenters. The van der Waals surface area contributed by atoms with E-state index in [4.69, 9.17) is 29.3 Å². The van der Waals surface area contributed by atoms with Gasteiger partial charge in [-0.1, -0.05) is 170 Å². The predicted octanol–water partition coefficient (Wildman–Crippen LogP) is 15.1. The fraction of sp³-hybridized carbons (Fsp3) is 0. The molecule has 0 bridgehead atoms. The van der Waals surface area contributed by atoms with E-state index in [0.29, 0.717) is 23.3 Å². The fourth-order valence-electron chi connectivity index (χ4n) is 8.74. The van der Waals surface area contributed by atoms with Crippen LogP contribution in [0.3, 0.4) is 0 Å². The van der Waals surface area contributed by atoms with Gasteiger partial charge in [0.05, 0.1) is 11.2 Å². The van der Waals surface area contributed by atoms with E-state index in [1.165, 1.54) is 0 Å². The molecule has 6 nitrogen and oxygen atoms in total. The Kier molecular flexibility index (Phi) is 9.38. The lowest BCUT2D eigenvalue weighted by Gasteiger charge is -2.13. The third kappa shape index (κ3) is 7.19. The lowest BCUT2D eigenvalue weighted by molar-refractivity contribution is 0.669. The van der Waals surface area contributed by atoms with Gasteiger partial charge in [0.1, 0.15) is 11.2 Å². The van der Waals surface area contributed by atoms with Gasteiger partial charge in [-0.15, -0.1) is 0 Å². The highest BCUT2D eigenvalue weighted by Gasteiger charge is 2.19. The minimum absolute atomic E-state index is 0.568. The molecule has 0 radical (unpaired) electrons. The van der Waals surface area contributed by atoms with Crippen molar-refractivity contribution in [3.63, 3.8) is 0 Å². The molecule has 65 heavy (non-hydrogen) atoms. The van der Waals surface area contributed by atoms with Crippen LogP contribution in [0.2, 0.25) is 0 Å². The second-order valence-electron chi connectivity index (χ2n) is 16.1. The maximum atomic E-state index is 6.57. The third-order valence-corrected chi connectivity index (χ3v) is 11.9. The van der Waals surface area contributed by atoms with E-state index in [0.717, 1.165) is 99.7 Å². The highest BCUT2D eigenvalue weighted by atomic mass is 16.3. The van der Waals surface area contributed by atoms with Crippen molar-refractivity contribution in [3.05, 3.63) is 224 Å². The summed E-state index contributed by atoms with van der Waals surface area (Å²) in [6.07, 6.45) is 0. The van der Waals surface area contributed by atoms with Crippen LogP contribution in [0.25, 0.3) is 123 Å². The second kappa shape index (κ2) is 16.1. The largest absolute Gasteiger partial charge is 0.456 e. The molecule has 0 fully saturated rings. The summed E-state index contributed by atoms with van der Waals surface area (Å²) in [4.78, 5) is 25.8. The zero-order chi connectivity index (χ0) is 43.1. The van der Waals surface area contributed by atoms with Crippen LogP contribution in [0.15, 0.2) is 229 Å².